The summed E-state index contributed by atoms with van der Waals surface area (Å²) < 4.78 is 12.5. The normalized spacial score (nSPS) is 15.6. The Morgan fingerprint density at radius 1 is 1.15 bits per heavy atom. The van der Waals surface area contributed by atoms with Crippen molar-refractivity contribution < 1.29 is 9.26 Å². The molecule has 2 aromatic carbocycles. The quantitative estimate of drug-likeness (QED) is 0.319. The summed E-state index contributed by atoms with van der Waals surface area (Å²) in [7, 11) is 1.65. The molecule has 1 aliphatic rings. The summed E-state index contributed by atoms with van der Waals surface area (Å²) in [6.07, 6.45) is 4.50. The van der Waals surface area contributed by atoms with Crippen LogP contribution in [-0.2, 0) is 13.0 Å². The molecule has 1 saturated heterocycles. The number of aromatic nitrogens is 5. The summed E-state index contributed by atoms with van der Waals surface area (Å²) in [5.41, 5.74) is 9.44. The monoisotopic (exact) mass is 458 g/mol. The van der Waals surface area contributed by atoms with Crippen molar-refractivity contribution in [2.24, 2.45) is 5.73 Å². The van der Waals surface area contributed by atoms with E-state index in [4.69, 9.17) is 20.4 Å². The molecular formula is C24H26N8O2. The Bertz CT molecular complexity index is 1260. The van der Waals surface area contributed by atoms with Crippen molar-refractivity contribution in [3.8, 4) is 28.4 Å². The fourth-order valence-corrected chi connectivity index (χ4v) is 4.24. The van der Waals surface area contributed by atoms with Crippen LogP contribution < -0.4 is 10.5 Å². The summed E-state index contributed by atoms with van der Waals surface area (Å²) in [6, 6.07) is 15.9. The average molecular weight is 459 g/mol. The standard InChI is InChI=1S/C24H26N8O2/c1-33-20-10-8-17(9-11-20)21-15-31(30-28-21)14-16-4-6-18(7-5-16)23-27-22(34-29-23)13-19-3-2-12-32(19)24(25)26/h4-11,15,19H,2-3,12-14H2,1H3,(H3,25,26). The van der Waals surface area contributed by atoms with Crippen molar-refractivity contribution in [3.05, 3.63) is 66.2 Å². The zero-order valence-corrected chi connectivity index (χ0v) is 18.9. The Morgan fingerprint density at radius 2 is 1.91 bits per heavy atom. The minimum Gasteiger partial charge on any atom is -0.497 e. The summed E-state index contributed by atoms with van der Waals surface area (Å²) in [5.74, 6) is 2.02. The highest BCUT2D eigenvalue weighted by Crippen LogP contribution is 2.23. The van der Waals surface area contributed by atoms with Crippen LogP contribution in [0.5, 0.6) is 5.75 Å². The summed E-state index contributed by atoms with van der Waals surface area (Å²) in [5, 5.41) is 20.4. The van der Waals surface area contributed by atoms with Gasteiger partial charge in [0.25, 0.3) is 0 Å². The second kappa shape index (κ2) is 9.34. The number of likely N-dealkylation sites (tertiary alicyclic amines) is 1. The lowest BCUT2D eigenvalue weighted by Gasteiger charge is -2.23. The first-order valence-electron chi connectivity index (χ1n) is 11.2. The van der Waals surface area contributed by atoms with Crippen LogP contribution in [0.15, 0.2) is 59.3 Å². The predicted octanol–water partition coefficient (Wildman–Crippen LogP) is 2.95. The van der Waals surface area contributed by atoms with Crippen LogP contribution in [0, 0.1) is 5.41 Å². The maximum atomic E-state index is 7.71. The smallest absolute Gasteiger partial charge is 0.229 e. The highest BCUT2D eigenvalue weighted by atomic mass is 16.5. The Hall–Kier alpha value is -4.21. The minimum absolute atomic E-state index is 0.0985. The number of nitrogens with zero attached hydrogens (tertiary/aromatic N) is 6. The topological polar surface area (TPSA) is 132 Å². The molecule has 4 aromatic rings. The van der Waals surface area contributed by atoms with Gasteiger partial charge >= 0.3 is 0 Å². The lowest BCUT2D eigenvalue weighted by atomic mass is 10.1. The van der Waals surface area contributed by atoms with Gasteiger partial charge in [-0.25, -0.2) is 4.68 Å². The molecule has 34 heavy (non-hydrogen) atoms. The average Bonchev–Trinajstić information content (AvgIpc) is 3.61. The molecule has 0 bridgehead atoms. The van der Waals surface area contributed by atoms with Gasteiger partial charge in [0.15, 0.2) is 5.96 Å². The van der Waals surface area contributed by atoms with Gasteiger partial charge in [-0.2, -0.15) is 4.98 Å². The third kappa shape index (κ3) is 4.61. The molecule has 3 N–H and O–H groups in total. The molecule has 0 spiro atoms. The van der Waals surface area contributed by atoms with E-state index in [1.807, 2.05) is 64.3 Å². The van der Waals surface area contributed by atoms with Crippen LogP contribution in [-0.4, -0.2) is 55.7 Å². The summed E-state index contributed by atoms with van der Waals surface area (Å²) >= 11 is 0. The number of ether oxygens (including phenoxy) is 1. The Balaban J connectivity index is 1.22. The number of hydrogen-bond acceptors (Lipinski definition) is 7. The number of guanidine groups is 1. The Kier molecular flexibility index (Phi) is 5.94. The number of benzene rings is 2. The number of hydrogen-bond donors (Lipinski definition) is 2. The zero-order chi connectivity index (χ0) is 23.5. The van der Waals surface area contributed by atoms with Crippen molar-refractivity contribution in [3.63, 3.8) is 0 Å². The van der Waals surface area contributed by atoms with Crippen molar-refractivity contribution in [1.29, 1.82) is 5.41 Å². The van der Waals surface area contributed by atoms with Gasteiger partial charge in [0.1, 0.15) is 11.4 Å². The fourth-order valence-electron chi connectivity index (χ4n) is 4.24. The van der Waals surface area contributed by atoms with Gasteiger partial charge in [0, 0.05) is 30.1 Å². The van der Waals surface area contributed by atoms with Gasteiger partial charge < -0.3 is 19.9 Å². The molecule has 1 unspecified atom stereocenters. The van der Waals surface area contributed by atoms with Crippen LogP contribution in [0.4, 0.5) is 0 Å². The van der Waals surface area contributed by atoms with Crippen molar-refractivity contribution in [2.75, 3.05) is 13.7 Å². The van der Waals surface area contributed by atoms with Crippen LogP contribution in [0.3, 0.4) is 0 Å². The molecule has 1 atom stereocenters. The van der Waals surface area contributed by atoms with Gasteiger partial charge in [0.2, 0.25) is 11.7 Å². The molecule has 2 aromatic heterocycles. The highest BCUT2D eigenvalue weighted by Gasteiger charge is 2.27. The van der Waals surface area contributed by atoms with Crippen LogP contribution in [0.2, 0.25) is 0 Å². The second-order valence-corrected chi connectivity index (χ2v) is 8.32. The highest BCUT2D eigenvalue weighted by molar-refractivity contribution is 5.75. The lowest BCUT2D eigenvalue weighted by molar-refractivity contribution is 0.320. The van der Waals surface area contributed by atoms with Gasteiger partial charge in [-0.15, -0.1) is 5.10 Å². The lowest BCUT2D eigenvalue weighted by Crippen LogP contribution is -2.41. The minimum atomic E-state index is 0.0985. The van der Waals surface area contributed by atoms with Crippen molar-refractivity contribution in [1.82, 2.24) is 30.0 Å². The van der Waals surface area contributed by atoms with E-state index in [1.54, 1.807) is 7.11 Å². The van der Waals surface area contributed by atoms with Gasteiger partial charge in [-0.3, -0.25) is 5.41 Å². The molecule has 0 amide bonds. The largest absolute Gasteiger partial charge is 0.497 e. The third-order valence-corrected chi connectivity index (χ3v) is 6.05. The molecule has 10 nitrogen and oxygen atoms in total. The van der Waals surface area contributed by atoms with E-state index in [2.05, 4.69) is 20.5 Å². The first-order valence-corrected chi connectivity index (χ1v) is 11.2. The van der Waals surface area contributed by atoms with Gasteiger partial charge in [-0.05, 0) is 42.7 Å². The van der Waals surface area contributed by atoms with E-state index < -0.39 is 0 Å². The number of methoxy groups -OCH3 is 1. The maximum Gasteiger partial charge on any atom is 0.229 e. The molecular weight excluding hydrogens is 432 g/mol. The first kappa shape index (κ1) is 21.6. The summed E-state index contributed by atoms with van der Waals surface area (Å²) in [4.78, 5) is 6.44. The molecule has 5 rings (SSSR count). The van der Waals surface area contributed by atoms with Crippen LogP contribution in [0.1, 0.15) is 24.3 Å². The zero-order valence-electron chi connectivity index (χ0n) is 18.9. The Labute approximate surface area is 196 Å². The molecule has 1 fully saturated rings. The van der Waals surface area contributed by atoms with Crippen LogP contribution >= 0.6 is 0 Å². The molecule has 174 valence electrons. The van der Waals surface area contributed by atoms with Gasteiger partial charge in [-0.1, -0.05) is 34.6 Å². The van der Waals surface area contributed by atoms with E-state index >= 15 is 0 Å². The van der Waals surface area contributed by atoms with E-state index in [0.29, 0.717) is 24.7 Å². The maximum absolute atomic E-state index is 7.71. The third-order valence-electron chi connectivity index (χ3n) is 6.05. The Morgan fingerprint density at radius 3 is 2.65 bits per heavy atom. The van der Waals surface area contributed by atoms with E-state index in [1.165, 1.54) is 0 Å². The predicted molar refractivity (Wildman–Crippen MR) is 126 cm³/mol. The fraction of sp³-hybridized carbons (Fsp3) is 0.292. The molecule has 0 saturated carbocycles. The number of nitrogens with one attached hydrogen (secondary N) is 1. The molecule has 0 aliphatic carbocycles. The molecule has 1 aliphatic heterocycles. The molecule has 0 radical (unpaired) electrons. The van der Waals surface area contributed by atoms with E-state index in [-0.39, 0.29) is 12.0 Å². The van der Waals surface area contributed by atoms with Crippen molar-refractivity contribution >= 4 is 5.96 Å². The van der Waals surface area contributed by atoms with Crippen LogP contribution in [0.25, 0.3) is 22.6 Å². The summed E-state index contributed by atoms with van der Waals surface area (Å²) in [6.45, 7) is 1.40. The number of nitrogens with two attached hydrogens (primary N) is 1. The first-order chi connectivity index (χ1) is 16.6. The number of rotatable bonds is 7. The van der Waals surface area contributed by atoms with Crippen molar-refractivity contribution in [2.45, 2.75) is 31.8 Å². The SMILES string of the molecule is COc1ccc(-c2cn(Cc3ccc(-c4noc(CC5CCCN5C(=N)N)n4)cc3)nn2)cc1. The molecule has 10 heteroatoms. The van der Waals surface area contributed by atoms with E-state index in [0.717, 1.165) is 47.5 Å². The second-order valence-electron chi connectivity index (χ2n) is 8.32. The van der Waals surface area contributed by atoms with E-state index in [9.17, 15) is 0 Å². The van der Waals surface area contributed by atoms with Gasteiger partial charge in [0.05, 0.1) is 19.9 Å². The molecule has 3 heterocycles.